The Balaban J connectivity index is 1.21. The van der Waals surface area contributed by atoms with Gasteiger partial charge in [0.1, 0.15) is 12.4 Å². The molecule has 1 amide bonds. The van der Waals surface area contributed by atoms with E-state index in [0.717, 1.165) is 25.1 Å². The molecule has 0 saturated heterocycles. The lowest BCUT2D eigenvalue weighted by Crippen LogP contribution is -2.26. The van der Waals surface area contributed by atoms with Gasteiger partial charge in [-0.05, 0) is 40.9 Å². The van der Waals surface area contributed by atoms with E-state index < -0.39 is 11.8 Å². The van der Waals surface area contributed by atoms with Crippen LogP contribution in [0.3, 0.4) is 0 Å². The zero-order chi connectivity index (χ0) is 22.9. The number of fused-ring (bicyclic) bond motifs is 1. The minimum absolute atomic E-state index is 0.148. The smallest absolute Gasteiger partial charge is 0.413 e. The molecule has 0 aliphatic heterocycles. The third-order valence-electron chi connectivity index (χ3n) is 5.26. The second kappa shape index (κ2) is 11.1. The number of hydrogen-bond donors (Lipinski definition) is 2. The number of nitrogens with one attached hydrogen (secondary N) is 2. The summed E-state index contributed by atoms with van der Waals surface area (Å²) in [6.07, 6.45) is 1.76. The number of anilines is 1. The van der Waals surface area contributed by atoms with Gasteiger partial charge in [-0.15, -0.1) is 0 Å². The molecule has 1 aromatic heterocycles. The second-order valence-electron chi connectivity index (χ2n) is 7.64. The number of ether oxygens (including phenoxy) is 1. The first-order valence-electron chi connectivity index (χ1n) is 10.9. The van der Waals surface area contributed by atoms with Crippen LogP contribution in [-0.2, 0) is 24.4 Å². The molecule has 168 valence electrons. The molecule has 1 heterocycles. The van der Waals surface area contributed by atoms with Gasteiger partial charge in [-0.25, -0.2) is 9.59 Å². The standard InChI is InChI=1S/C26H26N4O3/c31-25-28-24(29-26(32)33-19-20-8-2-1-3-9-20)14-17-30(25)16-7-15-27-18-22-12-6-11-21-10-4-5-13-23(21)22/h1-6,8-14,17,27H,7,15-16,18-19H2,(H,28,29,31,32). The van der Waals surface area contributed by atoms with Gasteiger partial charge in [0.05, 0.1) is 0 Å². The first-order valence-corrected chi connectivity index (χ1v) is 10.9. The van der Waals surface area contributed by atoms with E-state index in [-0.39, 0.29) is 12.4 Å². The maximum atomic E-state index is 12.3. The molecule has 0 radical (unpaired) electrons. The molecule has 0 bridgehead atoms. The molecule has 4 aromatic rings. The molecular formula is C26H26N4O3. The molecule has 3 aromatic carbocycles. The predicted octanol–water partition coefficient (Wildman–Crippen LogP) is 4.33. The maximum absolute atomic E-state index is 12.3. The Morgan fingerprint density at radius 2 is 1.73 bits per heavy atom. The lowest BCUT2D eigenvalue weighted by Gasteiger charge is -2.10. The molecule has 0 saturated carbocycles. The van der Waals surface area contributed by atoms with Gasteiger partial charge in [0.15, 0.2) is 0 Å². The SMILES string of the molecule is O=C(Nc1ccn(CCCNCc2cccc3ccccc23)c(=O)n1)OCc1ccccc1. The second-order valence-corrected chi connectivity index (χ2v) is 7.64. The zero-order valence-corrected chi connectivity index (χ0v) is 18.2. The van der Waals surface area contributed by atoms with Crippen molar-refractivity contribution in [2.24, 2.45) is 0 Å². The van der Waals surface area contributed by atoms with Crippen LogP contribution < -0.4 is 16.3 Å². The van der Waals surface area contributed by atoms with E-state index in [9.17, 15) is 9.59 Å². The number of hydrogen-bond acceptors (Lipinski definition) is 5. The van der Waals surface area contributed by atoms with E-state index in [2.05, 4.69) is 45.9 Å². The largest absolute Gasteiger partial charge is 0.444 e. The third kappa shape index (κ3) is 6.27. The van der Waals surface area contributed by atoms with Gasteiger partial charge in [0.25, 0.3) is 0 Å². The third-order valence-corrected chi connectivity index (χ3v) is 5.26. The number of nitrogens with zero attached hydrogens (tertiary/aromatic N) is 2. The highest BCUT2D eigenvalue weighted by atomic mass is 16.5. The molecular weight excluding hydrogens is 416 g/mol. The summed E-state index contributed by atoms with van der Waals surface area (Å²) in [5, 5.41) is 8.41. The van der Waals surface area contributed by atoms with Gasteiger partial charge in [-0.2, -0.15) is 4.98 Å². The van der Waals surface area contributed by atoms with E-state index in [0.29, 0.717) is 6.54 Å². The summed E-state index contributed by atoms with van der Waals surface area (Å²) in [6.45, 7) is 2.21. The Kier molecular flexibility index (Phi) is 7.45. The average molecular weight is 443 g/mol. The highest BCUT2D eigenvalue weighted by molar-refractivity contribution is 5.85. The van der Waals surface area contributed by atoms with Crippen molar-refractivity contribution in [3.63, 3.8) is 0 Å². The Hall–Kier alpha value is -3.97. The quantitative estimate of drug-likeness (QED) is 0.377. The van der Waals surface area contributed by atoms with Crippen molar-refractivity contribution in [3.8, 4) is 0 Å². The first kappa shape index (κ1) is 22.2. The molecule has 0 aliphatic rings. The van der Waals surface area contributed by atoms with Crippen LogP contribution in [0, 0.1) is 0 Å². The molecule has 0 spiro atoms. The Morgan fingerprint density at radius 1 is 0.939 bits per heavy atom. The van der Waals surface area contributed by atoms with E-state index >= 15 is 0 Å². The fourth-order valence-electron chi connectivity index (χ4n) is 3.58. The van der Waals surface area contributed by atoms with Crippen LogP contribution in [0.4, 0.5) is 10.6 Å². The highest BCUT2D eigenvalue weighted by Gasteiger charge is 2.07. The van der Waals surface area contributed by atoms with E-state index in [1.54, 1.807) is 12.3 Å². The minimum Gasteiger partial charge on any atom is -0.444 e. The molecule has 2 N–H and O–H groups in total. The molecule has 7 nitrogen and oxygen atoms in total. The van der Waals surface area contributed by atoms with Crippen molar-refractivity contribution in [2.45, 2.75) is 26.1 Å². The van der Waals surface area contributed by atoms with Gasteiger partial charge in [-0.1, -0.05) is 72.8 Å². The van der Waals surface area contributed by atoms with Gasteiger partial charge in [0, 0.05) is 19.3 Å². The van der Waals surface area contributed by atoms with Crippen LogP contribution in [0.2, 0.25) is 0 Å². The summed E-state index contributed by atoms with van der Waals surface area (Å²) in [4.78, 5) is 28.1. The van der Waals surface area contributed by atoms with Crippen molar-refractivity contribution in [1.29, 1.82) is 0 Å². The van der Waals surface area contributed by atoms with Gasteiger partial charge in [-0.3, -0.25) is 9.88 Å². The summed E-state index contributed by atoms with van der Waals surface area (Å²) in [7, 11) is 0. The number of carbonyl (C=O) groups is 1. The summed E-state index contributed by atoms with van der Waals surface area (Å²) in [5.74, 6) is 0.170. The molecule has 0 unspecified atom stereocenters. The van der Waals surface area contributed by atoms with Crippen LogP contribution in [0.1, 0.15) is 17.5 Å². The monoisotopic (exact) mass is 442 g/mol. The predicted molar refractivity (Wildman–Crippen MR) is 129 cm³/mol. The first-order chi connectivity index (χ1) is 16.2. The van der Waals surface area contributed by atoms with Crippen LogP contribution in [0.25, 0.3) is 10.8 Å². The molecule has 7 heteroatoms. The van der Waals surface area contributed by atoms with Gasteiger partial charge >= 0.3 is 11.8 Å². The van der Waals surface area contributed by atoms with Crippen molar-refractivity contribution in [2.75, 3.05) is 11.9 Å². The normalized spacial score (nSPS) is 10.8. The molecule has 0 fully saturated rings. The zero-order valence-electron chi connectivity index (χ0n) is 18.2. The summed E-state index contributed by atoms with van der Waals surface area (Å²) in [6, 6.07) is 25.6. The lowest BCUT2D eigenvalue weighted by molar-refractivity contribution is 0.155. The summed E-state index contributed by atoms with van der Waals surface area (Å²) < 4.78 is 6.68. The Labute approximate surface area is 192 Å². The fourth-order valence-corrected chi connectivity index (χ4v) is 3.58. The molecule has 0 aliphatic carbocycles. The highest BCUT2D eigenvalue weighted by Crippen LogP contribution is 2.18. The van der Waals surface area contributed by atoms with E-state index in [4.69, 9.17) is 4.74 Å². The number of rotatable bonds is 9. The number of amides is 1. The van der Waals surface area contributed by atoms with Crippen molar-refractivity contribution < 1.29 is 9.53 Å². The maximum Gasteiger partial charge on any atom is 0.413 e. The Bertz CT molecular complexity index is 1270. The van der Waals surface area contributed by atoms with E-state index in [1.165, 1.54) is 20.9 Å². The van der Waals surface area contributed by atoms with E-state index in [1.807, 2.05) is 42.5 Å². The van der Waals surface area contributed by atoms with Crippen LogP contribution in [0.15, 0.2) is 89.9 Å². The number of aryl methyl sites for hydroxylation is 1. The van der Waals surface area contributed by atoms with Crippen molar-refractivity contribution >= 4 is 22.7 Å². The molecule has 4 rings (SSSR count). The average Bonchev–Trinajstić information content (AvgIpc) is 2.84. The Morgan fingerprint density at radius 3 is 2.58 bits per heavy atom. The van der Waals surface area contributed by atoms with Gasteiger partial charge < -0.3 is 10.1 Å². The lowest BCUT2D eigenvalue weighted by atomic mass is 10.0. The van der Waals surface area contributed by atoms with Crippen molar-refractivity contribution in [1.82, 2.24) is 14.9 Å². The van der Waals surface area contributed by atoms with Crippen LogP contribution in [-0.4, -0.2) is 22.2 Å². The molecule has 0 atom stereocenters. The fraction of sp³-hybridized carbons (Fsp3) is 0.192. The van der Waals surface area contributed by atoms with Crippen molar-refractivity contribution in [3.05, 3.63) is 107 Å². The molecule has 33 heavy (non-hydrogen) atoms. The number of carbonyl (C=O) groups excluding carboxylic acids is 1. The number of benzene rings is 3. The number of aromatic nitrogens is 2. The minimum atomic E-state index is -0.652. The summed E-state index contributed by atoms with van der Waals surface area (Å²) >= 11 is 0. The topological polar surface area (TPSA) is 85.3 Å². The van der Waals surface area contributed by atoms with Gasteiger partial charge in [0.2, 0.25) is 0 Å². The van der Waals surface area contributed by atoms with Crippen LogP contribution >= 0.6 is 0 Å². The van der Waals surface area contributed by atoms with Crippen LogP contribution in [0.5, 0.6) is 0 Å². The summed E-state index contributed by atoms with van der Waals surface area (Å²) in [5.41, 5.74) is 1.72.